The molecule has 26 heavy (non-hydrogen) atoms. The number of aromatic nitrogens is 2. The lowest BCUT2D eigenvalue weighted by atomic mass is 9.99. The van der Waals surface area contributed by atoms with Gasteiger partial charge >= 0.3 is 0 Å². The molecular weight excluding hydrogens is 324 g/mol. The Hall–Kier alpha value is -2.43. The number of aryl methyl sites for hydroxylation is 3. The Morgan fingerprint density at radius 3 is 2.65 bits per heavy atom. The lowest BCUT2D eigenvalue weighted by Gasteiger charge is -2.35. The number of nitrogens with zero attached hydrogens (tertiary/aromatic N) is 3. The van der Waals surface area contributed by atoms with E-state index in [1.807, 2.05) is 4.90 Å². The first-order valence-corrected chi connectivity index (χ1v) is 9.48. The molecule has 1 amide bonds. The lowest BCUT2D eigenvalue weighted by Crippen LogP contribution is -2.43. The summed E-state index contributed by atoms with van der Waals surface area (Å²) in [6.07, 6.45) is 6.00. The molecule has 1 aromatic carbocycles. The van der Waals surface area contributed by atoms with Crippen LogP contribution in [0, 0.1) is 20.8 Å². The van der Waals surface area contributed by atoms with E-state index in [1.165, 1.54) is 12.0 Å². The van der Waals surface area contributed by atoms with E-state index in [0.29, 0.717) is 17.7 Å². The fraction of sp³-hybridized carbons (Fsp3) is 0.476. The van der Waals surface area contributed by atoms with E-state index < -0.39 is 0 Å². The van der Waals surface area contributed by atoms with Crippen molar-refractivity contribution in [2.45, 2.75) is 59.4 Å². The van der Waals surface area contributed by atoms with E-state index in [1.54, 1.807) is 12.3 Å². The zero-order valence-electron chi connectivity index (χ0n) is 16.2. The Kier molecular flexibility index (Phi) is 5.55. The maximum absolute atomic E-state index is 13.0. The van der Waals surface area contributed by atoms with E-state index >= 15 is 0 Å². The summed E-state index contributed by atoms with van der Waals surface area (Å²) in [5, 5.41) is 3.30. The van der Waals surface area contributed by atoms with E-state index in [-0.39, 0.29) is 5.91 Å². The van der Waals surface area contributed by atoms with Crippen molar-refractivity contribution in [1.29, 1.82) is 0 Å². The van der Waals surface area contributed by atoms with Crippen LogP contribution in [0.5, 0.6) is 0 Å². The quantitative estimate of drug-likeness (QED) is 0.877. The number of hydrogen-bond acceptors (Lipinski definition) is 4. The van der Waals surface area contributed by atoms with Crippen LogP contribution in [0.25, 0.3) is 0 Å². The van der Waals surface area contributed by atoms with E-state index in [2.05, 4.69) is 55.1 Å². The Morgan fingerprint density at radius 2 is 1.96 bits per heavy atom. The molecule has 1 aliphatic rings. The van der Waals surface area contributed by atoms with Gasteiger partial charge in [0.05, 0.1) is 0 Å². The summed E-state index contributed by atoms with van der Waals surface area (Å²) in [6.45, 7) is 9.18. The Labute approximate surface area is 155 Å². The predicted octanol–water partition coefficient (Wildman–Crippen LogP) is 4.55. The second-order valence-electron chi connectivity index (χ2n) is 7.22. The van der Waals surface area contributed by atoms with Crippen LogP contribution >= 0.6 is 0 Å². The summed E-state index contributed by atoms with van der Waals surface area (Å²) >= 11 is 0. The predicted molar refractivity (Wildman–Crippen MR) is 105 cm³/mol. The molecule has 1 aliphatic heterocycles. The van der Waals surface area contributed by atoms with Gasteiger partial charge < -0.3 is 10.2 Å². The van der Waals surface area contributed by atoms with Crippen molar-refractivity contribution < 1.29 is 4.79 Å². The van der Waals surface area contributed by atoms with Crippen molar-refractivity contribution in [3.05, 3.63) is 46.8 Å². The number of hydrogen-bond donors (Lipinski definition) is 1. The molecule has 2 heterocycles. The Balaban J connectivity index is 1.83. The largest absolute Gasteiger partial charge is 0.334 e. The number of likely N-dealkylation sites (tertiary alicyclic amines) is 1. The molecule has 1 unspecified atom stereocenters. The summed E-state index contributed by atoms with van der Waals surface area (Å²) < 4.78 is 0. The summed E-state index contributed by atoms with van der Waals surface area (Å²) in [6, 6.07) is 6.29. The van der Waals surface area contributed by atoms with Gasteiger partial charge in [-0.1, -0.05) is 24.6 Å². The molecule has 1 fully saturated rings. The third-order valence-electron chi connectivity index (χ3n) is 5.15. The van der Waals surface area contributed by atoms with Crippen LogP contribution in [0.4, 0.5) is 11.6 Å². The highest BCUT2D eigenvalue weighted by molar-refractivity contribution is 5.92. The number of amides is 1. The maximum atomic E-state index is 13.0. The minimum absolute atomic E-state index is 0.0133. The van der Waals surface area contributed by atoms with Crippen molar-refractivity contribution in [2.24, 2.45) is 0 Å². The molecule has 0 spiro atoms. The van der Waals surface area contributed by atoms with Crippen molar-refractivity contribution in [1.82, 2.24) is 14.9 Å². The molecule has 1 saturated heterocycles. The van der Waals surface area contributed by atoms with Crippen LogP contribution in [-0.4, -0.2) is 33.4 Å². The minimum atomic E-state index is 0.0133. The number of piperidine rings is 1. The topological polar surface area (TPSA) is 58.1 Å². The summed E-state index contributed by atoms with van der Waals surface area (Å²) in [5.74, 6) is 0.482. The highest BCUT2D eigenvalue weighted by atomic mass is 16.2. The summed E-state index contributed by atoms with van der Waals surface area (Å²) in [4.78, 5) is 23.8. The number of rotatable bonds is 4. The normalized spacial score (nSPS) is 17.2. The molecule has 0 radical (unpaired) electrons. The molecule has 5 nitrogen and oxygen atoms in total. The Morgan fingerprint density at radius 1 is 1.23 bits per heavy atom. The molecular formula is C21H28N4O. The van der Waals surface area contributed by atoms with Crippen LogP contribution in [0.15, 0.2) is 24.4 Å². The van der Waals surface area contributed by atoms with Crippen LogP contribution in [0.2, 0.25) is 0 Å². The maximum Gasteiger partial charge on any atom is 0.272 e. The van der Waals surface area contributed by atoms with Crippen molar-refractivity contribution >= 4 is 17.5 Å². The van der Waals surface area contributed by atoms with Gasteiger partial charge in [0.15, 0.2) is 0 Å². The molecule has 1 atom stereocenters. The monoisotopic (exact) mass is 352 g/mol. The second kappa shape index (κ2) is 7.85. The van der Waals surface area contributed by atoms with Crippen molar-refractivity contribution in [3.8, 4) is 0 Å². The number of carbonyl (C=O) groups excluding carboxylic acids is 1. The molecule has 0 aliphatic carbocycles. The van der Waals surface area contributed by atoms with Crippen LogP contribution in [-0.2, 0) is 0 Å². The van der Waals surface area contributed by atoms with Crippen LogP contribution in [0.3, 0.4) is 0 Å². The van der Waals surface area contributed by atoms with Gasteiger partial charge in [-0.3, -0.25) is 4.79 Å². The number of nitrogens with one attached hydrogen (secondary N) is 1. The smallest absolute Gasteiger partial charge is 0.272 e. The molecule has 0 saturated carbocycles. The number of carbonyl (C=O) groups is 1. The van der Waals surface area contributed by atoms with Gasteiger partial charge in [-0.2, -0.15) is 0 Å². The molecule has 5 heteroatoms. The van der Waals surface area contributed by atoms with E-state index in [9.17, 15) is 4.79 Å². The average molecular weight is 352 g/mol. The molecule has 1 aromatic heterocycles. The molecule has 3 rings (SSSR count). The second-order valence-corrected chi connectivity index (χ2v) is 7.22. The molecule has 138 valence electrons. The van der Waals surface area contributed by atoms with E-state index in [4.69, 9.17) is 0 Å². The lowest BCUT2D eigenvalue weighted by molar-refractivity contribution is 0.0602. The standard InChI is InChI=1S/C21H28N4O/c1-5-17-8-6-7-11-25(17)20(26)18-9-10-22-21(23-18)24-19-15(3)12-14(2)13-16(19)4/h9-10,12-13,17H,5-8,11H2,1-4H3,(H,22,23,24). The zero-order valence-corrected chi connectivity index (χ0v) is 16.2. The van der Waals surface area contributed by atoms with Crippen LogP contribution < -0.4 is 5.32 Å². The average Bonchev–Trinajstić information content (AvgIpc) is 2.64. The van der Waals surface area contributed by atoms with Crippen molar-refractivity contribution in [2.75, 3.05) is 11.9 Å². The van der Waals surface area contributed by atoms with Gasteiger partial charge in [0.1, 0.15) is 5.69 Å². The fourth-order valence-corrected chi connectivity index (χ4v) is 3.87. The first kappa shape index (κ1) is 18.4. The van der Waals surface area contributed by atoms with Gasteiger partial charge in [-0.05, 0) is 63.6 Å². The minimum Gasteiger partial charge on any atom is -0.334 e. The van der Waals surface area contributed by atoms with Crippen molar-refractivity contribution in [3.63, 3.8) is 0 Å². The molecule has 2 aromatic rings. The van der Waals surface area contributed by atoms with E-state index in [0.717, 1.165) is 42.6 Å². The number of benzene rings is 1. The highest BCUT2D eigenvalue weighted by Crippen LogP contribution is 2.25. The fourth-order valence-electron chi connectivity index (χ4n) is 3.87. The third-order valence-corrected chi connectivity index (χ3v) is 5.15. The van der Waals surface area contributed by atoms with Gasteiger partial charge in [-0.15, -0.1) is 0 Å². The van der Waals surface area contributed by atoms with Gasteiger partial charge in [0.25, 0.3) is 5.91 Å². The Bertz CT molecular complexity index is 779. The van der Waals surface area contributed by atoms with Crippen LogP contribution in [0.1, 0.15) is 59.8 Å². The highest BCUT2D eigenvalue weighted by Gasteiger charge is 2.27. The third kappa shape index (κ3) is 3.87. The first-order chi connectivity index (χ1) is 12.5. The van der Waals surface area contributed by atoms with Gasteiger partial charge in [-0.25, -0.2) is 9.97 Å². The SMILES string of the molecule is CCC1CCCCN1C(=O)c1ccnc(Nc2c(C)cc(C)cc2C)n1. The number of anilines is 2. The molecule has 1 N–H and O–H groups in total. The first-order valence-electron chi connectivity index (χ1n) is 9.48. The zero-order chi connectivity index (χ0) is 18.7. The van der Waals surface area contributed by atoms with Gasteiger partial charge in [0.2, 0.25) is 5.95 Å². The molecule has 0 bridgehead atoms. The van der Waals surface area contributed by atoms with Gasteiger partial charge in [0, 0.05) is 24.5 Å². The summed E-state index contributed by atoms with van der Waals surface area (Å²) in [5.41, 5.74) is 4.98. The summed E-state index contributed by atoms with van der Waals surface area (Å²) in [7, 11) is 0.